The lowest BCUT2D eigenvalue weighted by molar-refractivity contribution is 0.460. The molecular weight excluding hydrogens is 273 g/mol. The van der Waals surface area contributed by atoms with Gasteiger partial charge in [0.1, 0.15) is 11.6 Å². The maximum Gasteiger partial charge on any atom is 0.219 e. The second-order valence-electron chi connectivity index (χ2n) is 3.35. The van der Waals surface area contributed by atoms with Crippen LogP contribution in [-0.2, 0) is 0 Å². The molecule has 2 nitrogen and oxygen atoms in total. The standard InChI is InChI=1S/C12H9BrFNO/c1-8-4-5-15-12(6-8)16-9-2-3-11(14)10(13)7-9/h2-7H,1H3. The van der Waals surface area contributed by atoms with Crippen LogP contribution in [0.3, 0.4) is 0 Å². The Kier molecular flexibility index (Phi) is 3.19. The van der Waals surface area contributed by atoms with Gasteiger partial charge in [-0.25, -0.2) is 9.37 Å². The van der Waals surface area contributed by atoms with E-state index in [0.717, 1.165) is 5.56 Å². The lowest BCUT2D eigenvalue weighted by atomic mass is 10.3. The Bertz CT molecular complexity index is 516. The lowest BCUT2D eigenvalue weighted by Crippen LogP contribution is -1.89. The van der Waals surface area contributed by atoms with Gasteiger partial charge in [0.15, 0.2) is 0 Å². The van der Waals surface area contributed by atoms with E-state index in [2.05, 4.69) is 20.9 Å². The largest absolute Gasteiger partial charge is 0.439 e. The maximum absolute atomic E-state index is 13.0. The van der Waals surface area contributed by atoms with Crippen molar-refractivity contribution in [2.75, 3.05) is 0 Å². The number of halogens is 2. The maximum atomic E-state index is 13.0. The van der Waals surface area contributed by atoms with Crippen molar-refractivity contribution in [3.63, 3.8) is 0 Å². The summed E-state index contributed by atoms with van der Waals surface area (Å²) in [7, 11) is 0. The van der Waals surface area contributed by atoms with Crippen LogP contribution in [0.15, 0.2) is 41.0 Å². The number of pyridine rings is 1. The number of benzene rings is 1. The van der Waals surface area contributed by atoms with Crippen LogP contribution in [0.2, 0.25) is 0 Å². The van der Waals surface area contributed by atoms with Crippen molar-refractivity contribution < 1.29 is 9.13 Å². The van der Waals surface area contributed by atoms with Gasteiger partial charge in [-0.1, -0.05) is 0 Å². The van der Waals surface area contributed by atoms with Gasteiger partial charge in [-0.3, -0.25) is 0 Å². The Balaban J connectivity index is 2.24. The topological polar surface area (TPSA) is 22.1 Å². The molecule has 0 saturated heterocycles. The van der Waals surface area contributed by atoms with E-state index in [9.17, 15) is 4.39 Å². The Morgan fingerprint density at radius 3 is 2.75 bits per heavy atom. The highest BCUT2D eigenvalue weighted by atomic mass is 79.9. The third-order valence-corrected chi connectivity index (χ3v) is 2.61. The molecule has 0 saturated carbocycles. The molecule has 0 radical (unpaired) electrons. The van der Waals surface area contributed by atoms with E-state index in [1.807, 2.05) is 19.1 Å². The van der Waals surface area contributed by atoms with Gasteiger partial charge in [0.2, 0.25) is 5.88 Å². The number of hydrogen-bond acceptors (Lipinski definition) is 2. The number of aromatic nitrogens is 1. The molecule has 0 aliphatic carbocycles. The van der Waals surface area contributed by atoms with Crippen LogP contribution in [0, 0.1) is 12.7 Å². The monoisotopic (exact) mass is 281 g/mol. The fourth-order valence-corrected chi connectivity index (χ4v) is 1.58. The van der Waals surface area contributed by atoms with E-state index in [0.29, 0.717) is 16.1 Å². The van der Waals surface area contributed by atoms with E-state index in [1.54, 1.807) is 18.3 Å². The molecule has 0 fully saturated rings. The fraction of sp³-hybridized carbons (Fsp3) is 0.0833. The van der Waals surface area contributed by atoms with Gasteiger partial charge in [0.25, 0.3) is 0 Å². The summed E-state index contributed by atoms with van der Waals surface area (Å²) in [6.45, 7) is 1.95. The highest BCUT2D eigenvalue weighted by molar-refractivity contribution is 9.10. The molecule has 16 heavy (non-hydrogen) atoms. The van der Waals surface area contributed by atoms with Crippen molar-refractivity contribution in [3.8, 4) is 11.6 Å². The zero-order valence-electron chi connectivity index (χ0n) is 8.58. The summed E-state index contributed by atoms with van der Waals surface area (Å²) in [6, 6.07) is 8.17. The summed E-state index contributed by atoms with van der Waals surface area (Å²) in [5, 5.41) is 0. The van der Waals surface area contributed by atoms with E-state index in [1.165, 1.54) is 6.07 Å². The van der Waals surface area contributed by atoms with Crippen LogP contribution < -0.4 is 4.74 Å². The van der Waals surface area contributed by atoms with Crippen molar-refractivity contribution >= 4 is 15.9 Å². The number of hydrogen-bond donors (Lipinski definition) is 0. The smallest absolute Gasteiger partial charge is 0.219 e. The van der Waals surface area contributed by atoms with Crippen LogP contribution in [0.1, 0.15) is 5.56 Å². The first-order valence-corrected chi connectivity index (χ1v) is 5.50. The van der Waals surface area contributed by atoms with Crippen molar-refractivity contribution in [2.24, 2.45) is 0 Å². The van der Waals surface area contributed by atoms with Crippen LogP contribution in [-0.4, -0.2) is 4.98 Å². The Labute approximate surface area is 101 Å². The molecule has 0 aliphatic heterocycles. The molecule has 82 valence electrons. The summed E-state index contributed by atoms with van der Waals surface area (Å²) in [4.78, 5) is 4.06. The minimum Gasteiger partial charge on any atom is -0.439 e. The molecule has 4 heteroatoms. The summed E-state index contributed by atoms with van der Waals surface area (Å²) in [5.74, 6) is 0.731. The molecule has 1 aromatic carbocycles. The van der Waals surface area contributed by atoms with Crippen molar-refractivity contribution in [1.29, 1.82) is 0 Å². The third-order valence-electron chi connectivity index (χ3n) is 2.00. The van der Waals surface area contributed by atoms with Gasteiger partial charge >= 0.3 is 0 Å². The van der Waals surface area contributed by atoms with E-state index < -0.39 is 0 Å². The lowest BCUT2D eigenvalue weighted by Gasteiger charge is -2.05. The summed E-state index contributed by atoms with van der Waals surface area (Å²) >= 11 is 3.10. The Morgan fingerprint density at radius 1 is 1.25 bits per heavy atom. The van der Waals surface area contributed by atoms with Gasteiger partial charge < -0.3 is 4.74 Å². The SMILES string of the molecule is Cc1ccnc(Oc2ccc(F)c(Br)c2)c1. The predicted octanol–water partition coefficient (Wildman–Crippen LogP) is 4.08. The van der Waals surface area contributed by atoms with Crippen molar-refractivity contribution in [1.82, 2.24) is 4.98 Å². The molecule has 0 amide bonds. The second kappa shape index (κ2) is 4.61. The molecule has 1 aromatic heterocycles. The zero-order chi connectivity index (χ0) is 11.5. The van der Waals surface area contributed by atoms with Crippen molar-refractivity contribution in [2.45, 2.75) is 6.92 Å². The van der Waals surface area contributed by atoms with E-state index in [4.69, 9.17) is 4.74 Å². The minimum atomic E-state index is -0.315. The highest BCUT2D eigenvalue weighted by Crippen LogP contribution is 2.25. The van der Waals surface area contributed by atoms with Crippen LogP contribution in [0.5, 0.6) is 11.6 Å². The van der Waals surface area contributed by atoms with E-state index >= 15 is 0 Å². The van der Waals surface area contributed by atoms with Crippen LogP contribution >= 0.6 is 15.9 Å². The Morgan fingerprint density at radius 2 is 2.06 bits per heavy atom. The molecule has 0 N–H and O–H groups in total. The normalized spacial score (nSPS) is 10.2. The van der Waals surface area contributed by atoms with E-state index in [-0.39, 0.29) is 5.82 Å². The summed E-state index contributed by atoms with van der Waals surface area (Å²) < 4.78 is 18.8. The minimum absolute atomic E-state index is 0.315. The average Bonchev–Trinajstić information content (AvgIpc) is 2.24. The van der Waals surface area contributed by atoms with Gasteiger partial charge in [-0.2, -0.15) is 0 Å². The van der Waals surface area contributed by atoms with Gasteiger partial charge in [0.05, 0.1) is 4.47 Å². The van der Waals surface area contributed by atoms with Gasteiger partial charge in [-0.15, -0.1) is 0 Å². The predicted molar refractivity (Wildman–Crippen MR) is 63.1 cm³/mol. The summed E-state index contributed by atoms with van der Waals surface area (Å²) in [5.41, 5.74) is 1.06. The third kappa shape index (κ3) is 2.58. The molecule has 0 spiro atoms. The first kappa shape index (κ1) is 11.1. The molecule has 0 aliphatic rings. The molecule has 2 aromatic rings. The first-order valence-electron chi connectivity index (χ1n) is 4.71. The molecule has 2 rings (SSSR count). The van der Waals surface area contributed by atoms with Gasteiger partial charge in [0, 0.05) is 12.3 Å². The molecule has 0 bridgehead atoms. The summed E-state index contributed by atoms with van der Waals surface area (Å²) in [6.07, 6.45) is 1.67. The van der Waals surface area contributed by atoms with Crippen LogP contribution in [0.25, 0.3) is 0 Å². The molecule has 0 unspecified atom stereocenters. The quantitative estimate of drug-likeness (QED) is 0.827. The molecule has 1 heterocycles. The van der Waals surface area contributed by atoms with Gasteiger partial charge in [-0.05, 0) is 52.7 Å². The number of nitrogens with zero attached hydrogens (tertiary/aromatic N) is 1. The molecular formula is C12H9BrFNO. The average molecular weight is 282 g/mol. The molecule has 0 atom stereocenters. The number of ether oxygens (including phenoxy) is 1. The first-order chi connectivity index (χ1) is 7.65. The highest BCUT2D eigenvalue weighted by Gasteiger charge is 2.03. The zero-order valence-corrected chi connectivity index (χ0v) is 10.2. The Hall–Kier alpha value is -1.42. The second-order valence-corrected chi connectivity index (χ2v) is 4.20. The fourth-order valence-electron chi connectivity index (χ4n) is 1.23. The number of rotatable bonds is 2. The van der Waals surface area contributed by atoms with Crippen LogP contribution in [0.4, 0.5) is 4.39 Å². The van der Waals surface area contributed by atoms with Crippen molar-refractivity contribution in [3.05, 3.63) is 52.4 Å². The number of aryl methyl sites for hydroxylation is 1.